The van der Waals surface area contributed by atoms with Crippen LogP contribution in [0, 0.1) is 10.1 Å². The Balaban J connectivity index is 2.61. The van der Waals surface area contributed by atoms with Crippen molar-refractivity contribution in [2.24, 2.45) is 0 Å². The van der Waals surface area contributed by atoms with Crippen molar-refractivity contribution in [3.05, 3.63) is 51.5 Å². The van der Waals surface area contributed by atoms with Gasteiger partial charge in [-0.15, -0.1) is 0 Å². The van der Waals surface area contributed by atoms with Gasteiger partial charge in [-0.25, -0.2) is 16.8 Å². The number of nitrogens with one attached hydrogen (secondary N) is 2. The van der Waals surface area contributed by atoms with E-state index in [0.29, 0.717) is 9.92 Å². The number of nitrogens with zero attached hydrogens (tertiary/aromatic N) is 1. The van der Waals surface area contributed by atoms with E-state index in [4.69, 9.17) is 11.6 Å². The van der Waals surface area contributed by atoms with E-state index in [2.05, 4.69) is 9.44 Å². The molecule has 0 amide bonds. The molecule has 9 nitrogen and oxygen atoms in total. The Hall–Kier alpha value is -2.02. The summed E-state index contributed by atoms with van der Waals surface area (Å²) in [6.45, 7) is 0. The van der Waals surface area contributed by atoms with E-state index in [1.165, 1.54) is 6.07 Å². The third-order valence-electron chi connectivity index (χ3n) is 2.93. The minimum atomic E-state index is -3.80. The van der Waals surface area contributed by atoms with Crippen LogP contribution in [0.15, 0.2) is 46.2 Å². The van der Waals surface area contributed by atoms with Gasteiger partial charge in [0, 0.05) is 16.0 Å². The summed E-state index contributed by atoms with van der Waals surface area (Å²) in [5.41, 5.74) is -0.778. The maximum absolute atomic E-state index is 11.6. The predicted molar refractivity (Wildman–Crippen MR) is 106 cm³/mol. The second-order valence-electron chi connectivity index (χ2n) is 5.43. The van der Waals surface area contributed by atoms with Gasteiger partial charge in [0.15, 0.2) is 0 Å². The Bertz CT molecular complexity index is 1090. The lowest BCUT2D eigenvalue weighted by molar-refractivity contribution is -0.387. The molecule has 0 fully saturated rings. The van der Waals surface area contributed by atoms with Crippen molar-refractivity contribution in [1.82, 2.24) is 0 Å². The Morgan fingerprint density at radius 2 is 1.44 bits per heavy atom. The highest BCUT2D eigenvalue weighted by molar-refractivity contribution is 7.99. The van der Waals surface area contributed by atoms with Crippen molar-refractivity contribution in [1.29, 1.82) is 0 Å². The van der Waals surface area contributed by atoms with Crippen LogP contribution in [0.1, 0.15) is 0 Å². The Labute approximate surface area is 165 Å². The van der Waals surface area contributed by atoms with Gasteiger partial charge in [0.2, 0.25) is 20.0 Å². The second kappa shape index (κ2) is 7.92. The molecule has 27 heavy (non-hydrogen) atoms. The number of anilines is 2. The van der Waals surface area contributed by atoms with E-state index in [0.717, 1.165) is 30.3 Å². The van der Waals surface area contributed by atoms with Crippen molar-refractivity contribution < 1.29 is 21.8 Å². The summed E-state index contributed by atoms with van der Waals surface area (Å²) in [7, 11) is -7.57. The van der Waals surface area contributed by atoms with E-state index in [1.807, 2.05) is 0 Å². The number of nitro groups is 1. The molecule has 0 aliphatic heterocycles. The zero-order valence-corrected chi connectivity index (χ0v) is 17.2. The van der Waals surface area contributed by atoms with E-state index < -0.39 is 25.0 Å². The average Bonchev–Trinajstić information content (AvgIpc) is 2.49. The molecule has 0 bridgehead atoms. The number of sulfonamides is 2. The van der Waals surface area contributed by atoms with Gasteiger partial charge in [-0.05, 0) is 30.3 Å². The fraction of sp³-hybridized carbons (Fsp3) is 0.143. The van der Waals surface area contributed by atoms with E-state index in [-0.39, 0.29) is 22.0 Å². The van der Waals surface area contributed by atoms with Crippen LogP contribution in [0.3, 0.4) is 0 Å². The van der Waals surface area contributed by atoms with Crippen LogP contribution in [-0.4, -0.2) is 34.3 Å². The van der Waals surface area contributed by atoms with Crippen LogP contribution >= 0.6 is 23.4 Å². The molecule has 0 spiro atoms. The molecule has 0 atom stereocenters. The molecule has 2 N–H and O–H groups in total. The first-order valence-corrected chi connectivity index (χ1v) is 12.0. The van der Waals surface area contributed by atoms with Crippen LogP contribution in [-0.2, 0) is 20.0 Å². The number of hydrogen-bond acceptors (Lipinski definition) is 7. The molecule has 146 valence electrons. The van der Waals surface area contributed by atoms with Crippen LogP contribution < -0.4 is 9.44 Å². The molecule has 0 unspecified atom stereocenters. The molecule has 2 aromatic carbocycles. The fourth-order valence-electron chi connectivity index (χ4n) is 1.99. The number of nitro benzene ring substituents is 1. The first-order valence-electron chi connectivity index (χ1n) is 7.05. The van der Waals surface area contributed by atoms with Gasteiger partial charge < -0.3 is 0 Å². The molecule has 0 aliphatic rings. The smallest absolute Gasteiger partial charge is 0.282 e. The standard InChI is InChI=1S/C14H14ClN3O6S3/c1-26(21,22)16-11-7-13(18(19)20)14(8-12(11)17-27(2,23)24)25-10-5-3-9(15)4-6-10/h3-8,16-17H,1-2H3. The average molecular weight is 452 g/mol. The lowest BCUT2D eigenvalue weighted by Gasteiger charge is -2.14. The lowest BCUT2D eigenvalue weighted by atomic mass is 10.2. The first-order chi connectivity index (χ1) is 12.3. The molecular weight excluding hydrogens is 438 g/mol. The molecule has 0 radical (unpaired) electrons. The van der Waals surface area contributed by atoms with Gasteiger partial charge in [-0.1, -0.05) is 23.4 Å². The minimum Gasteiger partial charge on any atom is -0.282 e. The summed E-state index contributed by atoms with van der Waals surface area (Å²) in [5.74, 6) is 0. The van der Waals surface area contributed by atoms with Crippen LogP contribution in [0.4, 0.5) is 17.1 Å². The van der Waals surface area contributed by atoms with E-state index in [1.54, 1.807) is 24.3 Å². The van der Waals surface area contributed by atoms with Gasteiger partial charge in [-0.2, -0.15) is 0 Å². The van der Waals surface area contributed by atoms with E-state index in [9.17, 15) is 26.9 Å². The molecule has 0 aliphatic carbocycles. The van der Waals surface area contributed by atoms with Gasteiger partial charge in [0.1, 0.15) is 0 Å². The zero-order chi connectivity index (χ0) is 20.4. The molecular formula is C14H14ClN3O6S3. The maximum atomic E-state index is 11.6. The number of hydrogen-bond donors (Lipinski definition) is 2. The predicted octanol–water partition coefficient (Wildman–Crippen LogP) is 3.14. The topological polar surface area (TPSA) is 135 Å². The largest absolute Gasteiger partial charge is 0.285 e. The summed E-state index contributed by atoms with van der Waals surface area (Å²) < 4.78 is 50.5. The van der Waals surface area contributed by atoms with Crippen molar-refractivity contribution in [3.8, 4) is 0 Å². The van der Waals surface area contributed by atoms with Gasteiger partial charge >= 0.3 is 0 Å². The summed E-state index contributed by atoms with van der Waals surface area (Å²) in [6.07, 6.45) is 1.73. The second-order valence-corrected chi connectivity index (χ2v) is 10.5. The lowest BCUT2D eigenvalue weighted by Crippen LogP contribution is -2.15. The molecule has 13 heteroatoms. The highest BCUT2D eigenvalue weighted by atomic mass is 35.5. The van der Waals surface area contributed by atoms with Gasteiger partial charge in [-0.3, -0.25) is 19.6 Å². The van der Waals surface area contributed by atoms with Crippen LogP contribution in [0.25, 0.3) is 0 Å². The third kappa shape index (κ3) is 6.57. The number of halogens is 1. The minimum absolute atomic E-state index is 0.118. The summed E-state index contributed by atoms with van der Waals surface area (Å²) in [5, 5.41) is 11.9. The van der Waals surface area contributed by atoms with Crippen molar-refractivity contribution in [2.45, 2.75) is 9.79 Å². The summed E-state index contributed by atoms with van der Waals surface area (Å²) in [6, 6.07) is 8.65. The van der Waals surface area contributed by atoms with Crippen LogP contribution in [0.5, 0.6) is 0 Å². The first kappa shape index (κ1) is 21.3. The van der Waals surface area contributed by atoms with Crippen molar-refractivity contribution in [3.63, 3.8) is 0 Å². The number of benzene rings is 2. The van der Waals surface area contributed by atoms with Crippen LogP contribution in [0.2, 0.25) is 5.02 Å². The molecule has 2 rings (SSSR count). The fourth-order valence-corrected chi connectivity index (χ4v) is 4.19. The number of rotatable bonds is 7. The molecule has 2 aromatic rings. The van der Waals surface area contributed by atoms with Gasteiger partial charge in [0.05, 0.1) is 33.7 Å². The maximum Gasteiger partial charge on any atom is 0.285 e. The molecule has 0 heterocycles. The SMILES string of the molecule is CS(=O)(=O)Nc1cc(Sc2ccc(Cl)cc2)c([N+](=O)[O-])cc1NS(C)(=O)=O. The van der Waals surface area contributed by atoms with E-state index >= 15 is 0 Å². The highest BCUT2D eigenvalue weighted by Crippen LogP contribution is 2.41. The third-order valence-corrected chi connectivity index (χ3v) is 5.42. The monoisotopic (exact) mass is 451 g/mol. The normalized spacial score (nSPS) is 11.8. The quantitative estimate of drug-likeness (QED) is 0.487. The van der Waals surface area contributed by atoms with Gasteiger partial charge in [0.25, 0.3) is 5.69 Å². The Morgan fingerprint density at radius 1 is 0.963 bits per heavy atom. The Morgan fingerprint density at radius 3 is 1.89 bits per heavy atom. The van der Waals surface area contributed by atoms with Crippen molar-refractivity contribution >= 4 is 60.5 Å². The molecule has 0 saturated heterocycles. The summed E-state index contributed by atoms with van der Waals surface area (Å²) >= 11 is 6.82. The molecule has 0 aromatic heterocycles. The Kier molecular flexibility index (Phi) is 6.24. The highest BCUT2D eigenvalue weighted by Gasteiger charge is 2.22. The molecule has 0 saturated carbocycles. The summed E-state index contributed by atoms with van der Waals surface area (Å²) in [4.78, 5) is 11.5. The zero-order valence-electron chi connectivity index (χ0n) is 14.0. The van der Waals surface area contributed by atoms with Crippen molar-refractivity contribution in [2.75, 3.05) is 22.0 Å².